The van der Waals surface area contributed by atoms with E-state index in [4.69, 9.17) is 21.2 Å². The van der Waals surface area contributed by atoms with E-state index in [-0.39, 0.29) is 5.97 Å². The summed E-state index contributed by atoms with van der Waals surface area (Å²) < 4.78 is 32.0. The molecule has 0 heterocycles. The molecule has 0 aromatic rings. The summed E-state index contributed by atoms with van der Waals surface area (Å²) in [5.41, 5.74) is 0.446. The lowest BCUT2D eigenvalue weighted by Crippen LogP contribution is -2.61. The molecule has 0 unspecified atom stereocenters. The maximum absolute atomic E-state index is 11.5. The van der Waals surface area contributed by atoms with Gasteiger partial charge < -0.3 is 21.2 Å². The molecule has 0 spiro atoms. The average Bonchev–Trinajstić information content (AvgIpc) is 2.51. The number of hydrogen-bond acceptors (Lipinski definition) is 6. The van der Waals surface area contributed by atoms with Crippen LogP contribution in [-0.4, -0.2) is 64.4 Å². The SMILES string of the molecule is C=C(C)C(=O)OCCC[SiH2]O[Si](C)(C)CC[Si](O[Si](C)(C)C)(O[Si](C)(C)C)O[Si](C)(C)C. The highest BCUT2D eigenvalue weighted by Crippen LogP contribution is 2.32. The lowest BCUT2D eigenvalue weighted by Gasteiger charge is -2.43. The van der Waals surface area contributed by atoms with Gasteiger partial charge in [-0.3, -0.25) is 0 Å². The maximum Gasteiger partial charge on any atom is 0.469 e. The molecule has 0 saturated carbocycles. The van der Waals surface area contributed by atoms with Crippen molar-refractivity contribution in [3.63, 3.8) is 0 Å². The first kappa shape index (κ1) is 32.4. The van der Waals surface area contributed by atoms with Crippen LogP contribution in [0, 0.1) is 0 Å². The summed E-state index contributed by atoms with van der Waals surface area (Å²) in [5, 5.41) is 0. The fourth-order valence-corrected chi connectivity index (χ4v) is 24.4. The summed E-state index contributed by atoms with van der Waals surface area (Å²) in [5.74, 6) is -0.309. The molecule has 0 aliphatic heterocycles. The van der Waals surface area contributed by atoms with Gasteiger partial charge in [-0.1, -0.05) is 6.58 Å². The highest BCUT2D eigenvalue weighted by molar-refractivity contribution is 6.90. The Balaban J connectivity index is 5.07. The van der Waals surface area contributed by atoms with Gasteiger partial charge in [-0.05, 0) is 97.4 Å². The molecule has 0 rings (SSSR count). The van der Waals surface area contributed by atoms with E-state index in [2.05, 4.69) is 78.6 Å². The Hall–Kier alpha value is 0.351. The fourth-order valence-electron chi connectivity index (χ4n) is 2.98. The predicted octanol–water partition coefficient (Wildman–Crippen LogP) is 5.71. The van der Waals surface area contributed by atoms with Crippen LogP contribution in [-0.2, 0) is 26.0 Å². The van der Waals surface area contributed by atoms with E-state index in [0.29, 0.717) is 12.2 Å². The molecule has 32 heavy (non-hydrogen) atoms. The minimum atomic E-state index is -2.81. The first-order chi connectivity index (χ1) is 14.2. The van der Waals surface area contributed by atoms with Crippen molar-refractivity contribution in [2.75, 3.05) is 6.61 Å². The lowest BCUT2D eigenvalue weighted by atomic mass is 10.4. The summed E-state index contributed by atoms with van der Waals surface area (Å²) >= 11 is 0. The van der Waals surface area contributed by atoms with Crippen LogP contribution in [0.1, 0.15) is 13.3 Å². The Kier molecular flexibility index (Phi) is 13.0. The summed E-state index contributed by atoms with van der Waals surface area (Å²) in [6.45, 7) is 30.3. The van der Waals surface area contributed by atoms with Gasteiger partial charge in [0, 0.05) is 11.6 Å². The lowest BCUT2D eigenvalue weighted by molar-refractivity contribution is -0.138. The van der Waals surface area contributed by atoms with Crippen molar-refractivity contribution < 1.29 is 26.0 Å². The number of esters is 1. The molecule has 6 nitrogen and oxygen atoms in total. The average molecular weight is 555 g/mol. The zero-order chi connectivity index (χ0) is 25.4. The maximum atomic E-state index is 11.5. The van der Waals surface area contributed by atoms with E-state index in [9.17, 15) is 4.79 Å². The Bertz CT molecular complexity index is 566. The molecular weight excluding hydrogens is 505 g/mol. The standard InChI is InChI=1S/C20H50O6Si6/c1-19(2)20(21)22-15-14-16-27-23-31(12,13)17-18-32(24-28(3,4)5,25-29(6,7)8)26-30(9,10)11/h1,14-18,27H2,2-13H3. The van der Waals surface area contributed by atoms with E-state index < -0.39 is 51.8 Å². The van der Waals surface area contributed by atoms with Gasteiger partial charge in [0.25, 0.3) is 0 Å². The minimum Gasteiger partial charge on any atom is -0.462 e. The smallest absolute Gasteiger partial charge is 0.462 e. The zero-order valence-corrected chi connectivity index (χ0v) is 29.3. The third kappa shape index (κ3) is 16.9. The molecule has 0 bridgehead atoms. The largest absolute Gasteiger partial charge is 0.469 e. The van der Waals surface area contributed by atoms with Crippen molar-refractivity contribution >= 4 is 57.8 Å². The monoisotopic (exact) mass is 554 g/mol. The third-order valence-electron chi connectivity index (χ3n) is 4.03. The van der Waals surface area contributed by atoms with Crippen molar-refractivity contribution in [1.29, 1.82) is 0 Å². The van der Waals surface area contributed by atoms with Crippen molar-refractivity contribution in [2.24, 2.45) is 0 Å². The van der Waals surface area contributed by atoms with Crippen LogP contribution in [0.2, 0.25) is 90.1 Å². The Labute approximate surface area is 205 Å². The van der Waals surface area contributed by atoms with E-state index in [0.717, 1.165) is 24.6 Å². The predicted molar refractivity (Wildman–Crippen MR) is 151 cm³/mol. The van der Waals surface area contributed by atoms with E-state index in [1.54, 1.807) is 6.92 Å². The van der Waals surface area contributed by atoms with Crippen LogP contribution in [0.5, 0.6) is 0 Å². The van der Waals surface area contributed by atoms with Gasteiger partial charge >= 0.3 is 14.8 Å². The second kappa shape index (κ2) is 12.9. The highest BCUT2D eigenvalue weighted by atomic mass is 28.5. The minimum absolute atomic E-state index is 0.309. The van der Waals surface area contributed by atoms with Crippen molar-refractivity contribution in [3.8, 4) is 0 Å². The zero-order valence-electron chi connectivity index (χ0n) is 22.9. The molecule has 190 valence electrons. The van der Waals surface area contributed by atoms with Crippen molar-refractivity contribution in [3.05, 3.63) is 12.2 Å². The first-order valence-electron chi connectivity index (χ1n) is 11.7. The molecule has 12 heteroatoms. The topological polar surface area (TPSA) is 63.2 Å². The van der Waals surface area contributed by atoms with Crippen LogP contribution in [0.4, 0.5) is 0 Å². The molecule has 0 aliphatic carbocycles. The quantitative estimate of drug-likeness (QED) is 0.105. The van der Waals surface area contributed by atoms with Crippen LogP contribution in [0.25, 0.3) is 0 Å². The molecular formula is C20H50O6Si6. The second-order valence-corrected chi connectivity index (χ2v) is 35.3. The van der Waals surface area contributed by atoms with Gasteiger partial charge in [0.15, 0.2) is 33.3 Å². The molecule has 0 aromatic carbocycles. The van der Waals surface area contributed by atoms with Gasteiger partial charge in [0.1, 0.15) is 9.76 Å². The molecule has 0 aliphatic rings. The van der Waals surface area contributed by atoms with Crippen LogP contribution >= 0.6 is 0 Å². The number of carbonyl (C=O) groups excluding carboxylic acids is 1. The summed E-state index contributed by atoms with van der Waals surface area (Å²) in [4.78, 5) is 11.5. The summed E-state index contributed by atoms with van der Waals surface area (Å²) in [6, 6.07) is 2.83. The molecule has 0 saturated heterocycles. The van der Waals surface area contributed by atoms with Crippen molar-refractivity contribution in [2.45, 2.75) is 103 Å². The van der Waals surface area contributed by atoms with E-state index >= 15 is 0 Å². The van der Waals surface area contributed by atoms with Crippen molar-refractivity contribution in [1.82, 2.24) is 0 Å². The molecule has 0 aromatic heterocycles. The number of rotatable bonds is 16. The molecule has 0 N–H and O–H groups in total. The number of ether oxygens (including phenoxy) is 1. The number of carbonyl (C=O) groups is 1. The fraction of sp³-hybridized carbons (Fsp3) is 0.850. The van der Waals surface area contributed by atoms with Gasteiger partial charge in [-0.15, -0.1) is 0 Å². The Morgan fingerprint density at radius 3 is 1.59 bits per heavy atom. The Morgan fingerprint density at radius 1 is 0.781 bits per heavy atom. The van der Waals surface area contributed by atoms with Crippen LogP contribution in [0.15, 0.2) is 12.2 Å². The second-order valence-electron chi connectivity index (χ2n) is 12.1. The van der Waals surface area contributed by atoms with Crippen LogP contribution < -0.4 is 0 Å². The summed E-state index contributed by atoms with van der Waals surface area (Å²) in [7, 11) is -10.9. The molecule has 0 atom stereocenters. The van der Waals surface area contributed by atoms with Gasteiger partial charge in [0.2, 0.25) is 0 Å². The highest BCUT2D eigenvalue weighted by Gasteiger charge is 2.50. The molecule has 0 radical (unpaired) electrons. The first-order valence-corrected chi connectivity index (χ1v) is 28.6. The molecule has 0 fully saturated rings. The van der Waals surface area contributed by atoms with E-state index in [1.807, 2.05) is 0 Å². The van der Waals surface area contributed by atoms with Crippen LogP contribution in [0.3, 0.4) is 0 Å². The molecule has 0 amide bonds. The summed E-state index contributed by atoms with van der Waals surface area (Å²) in [6.07, 6.45) is 0.852. The van der Waals surface area contributed by atoms with Gasteiger partial charge in [-0.2, -0.15) is 0 Å². The Morgan fingerprint density at radius 2 is 1.22 bits per heavy atom. The van der Waals surface area contributed by atoms with Gasteiger partial charge in [-0.25, -0.2) is 4.79 Å². The number of hydrogen-bond donors (Lipinski definition) is 0. The van der Waals surface area contributed by atoms with E-state index in [1.165, 1.54) is 0 Å². The third-order valence-corrected chi connectivity index (χ3v) is 22.7. The van der Waals surface area contributed by atoms with Gasteiger partial charge in [0.05, 0.1) is 6.61 Å². The normalized spacial score (nSPS) is 14.2.